The number of rotatable bonds is 10. The molecule has 0 spiro atoms. The van der Waals surface area contributed by atoms with Gasteiger partial charge in [-0.15, -0.1) is 0 Å². The summed E-state index contributed by atoms with van der Waals surface area (Å²) in [4.78, 5) is 0. The lowest BCUT2D eigenvalue weighted by molar-refractivity contribution is 0.586. The summed E-state index contributed by atoms with van der Waals surface area (Å²) in [6, 6.07) is 0. The molecule has 0 aliphatic heterocycles. The molecule has 14 heavy (non-hydrogen) atoms. The van der Waals surface area contributed by atoms with Crippen LogP contribution >= 0.6 is 0 Å². The molecule has 1 unspecified atom stereocenters. The molecule has 0 aromatic heterocycles. The van der Waals surface area contributed by atoms with Gasteiger partial charge >= 0.3 is 0 Å². The minimum absolute atomic E-state index is 0.713. The van der Waals surface area contributed by atoms with Crippen molar-refractivity contribution in [1.29, 1.82) is 0 Å². The van der Waals surface area contributed by atoms with Gasteiger partial charge in [0.2, 0.25) is 0 Å². The van der Waals surface area contributed by atoms with Gasteiger partial charge in [-0.25, -0.2) is 0 Å². The van der Waals surface area contributed by atoms with E-state index in [-0.39, 0.29) is 0 Å². The Morgan fingerprint density at radius 2 is 1.21 bits per heavy atom. The predicted octanol–water partition coefficient (Wildman–Crippen LogP) is 4.40. The molecule has 1 atom stereocenters. The highest BCUT2D eigenvalue weighted by atomic mass is 32.2. The normalized spacial score (nSPS) is 13.1. The lowest BCUT2D eigenvalue weighted by atomic mass is 10.1. The van der Waals surface area contributed by atoms with Gasteiger partial charge in [0.15, 0.2) is 0 Å². The molecule has 0 saturated heterocycles. The molecule has 0 fully saturated rings. The maximum atomic E-state index is 2.40. The molecular weight excluding hydrogens is 188 g/mol. The van der Waals surface area contributed by atoms with Crippen molar-refractivity contribution in [2.45, 2.75) is 65.2 Å². The first-order chi connectivity index (χ1) is 6.81. The summed E-state index contributed by atoms with van der Waals surface area (Å²) in [7, 11) is 0.713. The van der Waals surface area contributed by atoms with Crippen LogP contribution in [0.4, 0.5) is 0 Å². The molecular formula is C13H29S+. The average molecular weight is 217 g/mol. The molecule has 0 aliphatic rings. The van der Waals surface area contributed by atoms with E-state index in [4.69, 9.17) is 0 Å². The second-order valence-corrected chi connectivity index (χ2v) is 6.80. The summed E-state index contributed by atoms with van der Waals surface area (Å²) in [6.07, 6.45) is 14.0. The highest BCUT2D eigenvalue weighted by Crippen LogP contribution is 2.09. The van der Waals surface area contributed by atoms with Crippen LogP contribution in [0.2, 0.25) is 0 Å². The van der Waals surface area contributed by atoms with Gasteiger partial charge in [0.05, 0.1) is 6.26 Å². The Kier molecular flexibility index (Phi) is 11.7. The topological polar surface area (TPSA) is 0 Å². The molecule has 0 aromatic carbocycles. The van der Waals surface area contributed by atoms with E-state index in [0.717, 1.165) is 0 Å². The lowest BCUT2D eigenvalue weighted by Crippen LogP contribution is -2.06. The highest BCUT2D eigenvalue weighted by Gasteiger charge is 2.05. The Bertz CT molecular complexity index is 101. The van der Waals surface area contributed by atoms with Crippen LogP contribution in [0.15, 0.2) is 0 Å². The SMILES string of the molecule is CCCCCCCCCC[S+](C)CC. The summed E-state index contributed by atoms with van der Waals surface area (Å²) in [6.45, 7) is 4.60. The van der Waals surface area contributed by atoms with Gasteiger partial charge in [0.1, 0.15) is 11.5 Å². The van der Waals surface area contributed by atoms with Crippen LogP contribution in [-0.2, 0) is 10.9 Å². The second kappa shape index (κ2) is 11.4. The van der Waals surface area contributed by atoms with Crippen LogP contribution in [0, 0.1) is 0 Å². The summed E-state index contributed by atoms with van der Waals surface area (Å²) < 4.78 is 0. The van der Waals surface area contributed by atoms with Crippen molar-refractivity contribution in [3.05, 3.63) is 0 Å². The van der Waals surface area contributed by atoms with Crippen molar-refractivity contribution >= 4 is 10.9 Å². The third kappa shape index (κ3) is 10.4. The zero-order chi connectivity index (χ0) is 10.6. The Hall–Kier alpha value is 0.350. The first-order valence-corrected chi connectivity index (χ1v) is 8.37. The number of hydrogen-bond donors (Lipinski definition) is 0. The molecule has 1 heteroatoms. The molecule has 0 bridgehead atoms. The van der Waals surface area contributed by atoms with E-state index >= 15 is 0 Å². The first kappa shape index (κ1) is 14.3. The van der Waals surface area contributed by atoms with E-state index in [1.54, 1.807) is 0 Å². The third-order valence-corrected chi connectivity index (χ3v) is 4.81. The summed E-state index contributed by atoms with van der Waals surface area (Å²) >= 11 is 0. The molecule has 86 valence electrons. The van der Waals surface area contributed by atoms with E-state index < -0.39 is 0 Å². The fourth-order valence-electron chi connectivity index (χ4n) is 1.63. The van der Waals surface area contributed by atoms with Crippen LogP contribution in [-0.4, -0.2) is 17.8 Å². The number of hydrogen-bond acceptors (Lipinski definition) is 0. The van der Waals surface area contributed by atoms with E-state index in [9.17, 15) is 0 Å². The van der Waals surface area contributed by atoms with E-state index in [0.29, 0.717) is 10.9 Å². The molecule has 0 saturated carbocycles. The zero-order valence-corrected chi connectivity index (χ0v) is 11.3. The van der Waals surface area contributed by atoms with Gasteiger partial charge in [0, 0.05) is 0 Å². The van der Waals surface area contributed by atoms with E-state index in [1.807, 2.05) is 0 Å². The minimum Gasteiger partial charge on any atom is -0.0654 e. The number of unbranched alkanes of at least 4 members (excludes halogenated alkanes) is 7. The minimum atomic E-state index is 0.713. The third-order valence-electron chi connectivity index (χ3n) is 2.84. The molecule has 0 radical (unpaired) electrons. The van der Waals surface area contributed by atoms with Gasteiger partial charge in [0.25, 0.3) is 0 Å². The molecule has 0 aromatic rings. The van der Waals surface area contributed by atoms with Crippen molar-refractivity contribution in [3.8, 4) is 0 Å². The predicted molar refractivity (Wildman–Crippen MR) is 71.3 cm³/mol. The Balaban J connectivity index is 2.92. The smallest absolute Gasteiger partial charge is 0.0654 e. The fourth-order valence-corrected chi connectivity index (χ4v) is 2.61. The standard InChI is InChI=1S/C13H29S/c1-4-6-7-8-9-10-11-12-13-14(3)5-2/h4-13H2,1-3H3/q+1. The van der Waals surface area contributed by atoms with E-state index in [2.05, 4.69) is 20.1 Å². The van der Waals surface area contributed by atoms with Crippen LogP contribution in [0.5, 0.6) is 0 Å². The Morgan fingerprint density at radius 1 is 0.714 bits per heavy atom. The molecule has 0 heterocycles. The van der Waals surface area contributed by atoms with Crippen LogP contribution in [0.3, 0.4) is 0 Å². The van der Waals surface area contributed by atoms with Crippen molar-refractivity contribution in [2.24, 2.45) is 0 Å². The summed E-state index contributed by atoms with van der Waals surface area (Å²) in [5.41, 5.74) is 0. The van der Waals surface area contributed by atoms with Gasteiger partial charge in [-0.3, -0.25) is 0 Å². The van der Waals surface area contributed by atoms with E-state index in [1.165, 1.54) is 62.9 Å². The van der Waals surface area contributed by atoms with Gasteiger partial charge in [-0.2, -0.15) is 0 Å². The lowest BCUT2D eigenvalue weighted by Gasteiger charge is -2.01. The molecule has 0 nitrogen and oxygen atoms in total. The Morgan fingerprint density at radius 3 is 1.71 bits per heavy atom. The summed E-state index contributed by atoms with van der Waals surface area (Å²) in [5.74, 6) is 2.86. The van der Waals surface area contributed by atoms with Crippen molar-refractivity contribution in [3.63, 3.8) is 0 Å². The van der Waals surface area contributed by atoms with Crippen LogP contribution in [0.25, 0.3) is 0 Å². The zero-order valence-electron chi connectivity index (χ0n) is 10.5. The van der Waals surface area contributed by atoms with Crippen molar-refractivity contribution in [2.75, 3.05) is 17.8 Å². The summed E-state index contributed by atoms with van der Waals surface area (Å²) in [5, 5.41) is 0. The Labute approximate surface area is 94.2 Å². The van der Waals surface area contributed by atoms with Gasteiger partial charge in [-0.1, -0.05) is 45.4 Å². The van der Waals surface area contributed by atoms with Crippen LogP contribution in [0.1, 0.15) is 65.2 Å². The van der Waals surface area contributed by atoms with Crippen molar-refractivity contribution < 1.29 is 0 Å². The quantitative estimate of drug-likeness (QED) is 0.376. The maximum absolute atomic E-state index is 2.40. The highest BCUT2D eigenvalue weighted by molar-refractivity contribution is 7.96. The monoisotopic (exact) mass is 217 g/mol. The van der Waals surface area contributed by atoms with Gasteiger partial charge < -0.3 is 0 Å². The van der Waals surface area contributed by atoms with Crippen LogP contribution < -0.4 is 0 Å². The molecule has 0 aliphatic carbocycles. The van der Waals surface area contributed by atoms with Crippen molar-refractivity contribution in [1.82, 2.24) is 0 Å². The largest absolute Gasteiger partial charge is 0.107 e. The molecule has 0 amide bonds. The maximum Gasteiger partial charge on any atom is 0.107 e. The average Bonchev–Trinajstić information content (AvgIpc) is 2.21. The fraction of sp³-hybridized carbons (Fsp3) is 1.00. The molecule has 0 N–H and O–H groups in total. The molecule has 0 rings (SSSR count). The second-order valence-electron chi connectivity index (χ2n) is 4.25. The van der Waals surface area contributed by atoms with Gasteiger partial charge in [-0.05, 0) is 30.7 Å². The first-order valence-electron chi connectivity index (χ1n) is 6.40.